The smallest absolute Gasteiger partial charge is 0.365 e. The van der Waals surface area contributed by atoms with Gasteiger partial charge in [-0.2, -0.15) is 0 Å². The van der Waals surface area contributed by atoms with Crippen LogP contribution in [0, 0.1) is 17.8 Å². The fourth-order valence-electron chi connectivity index (χ4n) is 3.18. The van der Waals surface area contributed by atoms with Gasteiger partial charge in [0.25, 0.3) is 0 Å². The molecule has 0 unspecified atom stereocenters. The molecule has 0 aromatic heterocycles. The standard InChI is InChI=1S/C17H24O4.C16H23NO4/c1-13(2)14(3)17(19)20-11-7-10-16(18)21-12-15-8-5-4-6-9-15;1-12(2)15(17)16(19)20-10-6-9-14(18)21-11-13-7-4-3-5-8-13/h4-6,8-9,13-14H,7,10-12H2,1-3H3;3-5,7-8,12,15H,6,9-11,17H2,1-2H3/p+1/t14-;15-/m00/s1. The summed E-state index contributed by atoms with van der Waals surface area (Å²) in [5.74, 6) is -0.793. The summed E-state index contributed by atoms with van der Waals surface area (Å²) >= 11 is 0. The number of hydrogen-bond acceptors (Lipinski definition) is 8. The molecule has 3 N–H and O–H groups in total. The minimum atomic E-state index is -0.366. The van der Waals surface area contributed by atoms with Crippen molar-refractivity contribution in [1.29, 1.82) is 0 Å². The highest BCUT2D eigenvalue weighted by Gasteiger charge is 2.22. The second-order valence-corrected chi connectivity index (χ2v) is 10.7. The molecule has 2 rings (SSSR count). The van der Waals surface area contributed by atoms with Crippen molar-refractivity contribution in [3.05, 3.63) is 71.8 Å². The van der Waals surface area contributed by atoms with Gasteiger partial charge in [0.15, 0.2) is 6.04 Å². The lowest BCUT2D eigenvalue weighted by atomic mass is 9.99. The summed E-state index contributed by atoms with van der Waals surface area (Å²) in [7, 11) is 0. The van der Waals surface area contributed by atoms with Gasteiger partial charge in [0, 0.05) is 18.8 Å². The van der Waals surface area contributed by atoms with E-state index in [0.29, 0.717) is 12.8 Å². The zero-order valence-corrected chi connectivity index (χ0v) is 25.7. The van der Waals surface area contributed by atoms with Gasteiger partial charge in [-0.3, -0.25) is 14.4 Å². The van der Waals surface area contributed by atoms with Crippen LogP contribution in [0.1, 0.15) is 71.4 Å². The van der Waals surface area contributed by atoms with Crippen LogP contribution in [-0.2, 0) is 51.3 Å². The van der Waals surface area contributed by atoms with Gasteiger partial charge in [0.2, 0.25) is 0 Å². The molecule has 0 saturated carbocycles. The number of rotatable bonds is 16. The quantitative estimate of drug-likeness (QED) is 0.171. The predicted octanol–water partition coefficient (Wildman–Crippen LogP) is 4.67. The lowest BCUT2D eigenvalue weighted by Gasteiger charge is -2.14. The molecular formula is C33H48NO8+. The van der Waals surface area contributed by atoms with Gasteiger partial charge in [-0.25, -0.2) is 4.79 Å². The molecule has 2 aromatic rings. The van der Waals surface area contributed by atoms with E-state index in [1.807, 2.05) is 95.3 Å². The van der Waals surface area contributed by atoms with Crippen molar-refractivity contribution in [2.24, 2.45) is 17.8 Å². The summed E-state index contributed by atoms with van der Waals surface area (Å²) < 4.78 is 20.5. The van der Waals surface area contributed by atoms with Crippen molar-refractivity contribution in [2.75, 3.05) is 13.2 Å². The van der Waals surface area contributed by atoms with Crippen molar-refractivity contribution in [2.45, 2.75) is 79.6 Å². The number of ether oxygens (including phenoxy) is 4. The fourth-order valence-corrected chi connectivity index (χ4v) is 3.18. The van der Waals surface area contributed by atoms with Crippen LogP contribution in [0.2, 0.25) is 0 Å². The Balaban J connectivity index is 0.000000420. The summed E-state index contributed by atoms with van der Waals surface area (Å²) in [4.78, 5) is 46.2. The van der Waals surface area contributed by atoms with Gasteiger partial charge in [0.05, 0.1) is 19.1 Å². The van der Waals surface area contributed by atoms with Crippen molar-refractivity contribution in [3.8, 4) is 0 Å². The Morgan fingerprint density at radius 1 is 0.595 bits per heavy atom. The van der Waals surface area contributed by atoms with Crippen molar-refractivity contribution in [1.82, 2.24) is 0 Å². The monoisotopic (exact) mass is 586 g/mol. The molecule has 0 bridgehead atoms. The van der Waals surface area contributed by atoms with E-state index in [4.69, 9.17) is 18.9 Å². The van der Waals surface area contributed by atoms with Crippen molar-refractivity contribution < 1.29 is 43.9 Å². The van der Waals surface area contributed by atoms with Crippen molar-refractivity contribution >= 4 is 23.9 Å². The number of hydrogen-bond donors (Lipinski definition) is 1. The molecule has 232 valence electrons. The number of benzene rings is 2. The number of carbonyl (C=O) groups is 4. The average molecular weight is 587 g/mol. The van der Waals surface area contributed by atoms with Crippen LogP contribution in [-0.4, -0.2) is 43.1 Å². The second kappa shape index (κ2) is 21.1. The SMILES string of the molecule is CC(C)[C@H](C)C(=O)OCCCC(=O)OCc1ccccc1.CC(C)[C@H]([NH3+])C(=O)OCCCC(=O)OCc1ccccc1. The topological polar surface area (TPSA) is 133 Å². The molecule has 0 amide bonds. The summed E-state index contributed by atoms with van der Waals surface area (Å²) in [5.41, 5.74) is 5.66. The predicted molar refractivity (Wildman–Crippen MR) is 158 cm³/mol. The third-order valence-electron chi connectivity index (χ3n) is 6.50. The van der Waals surface area contributed by atoms with Gasteiger partial charge < -0.3 is 24.7 Å². The maximum absolute atomic E-state index is 11.6. The Kier molecular flexibility index (Phi) is 18.2. The Hall–Kier alpha value is -3.72. The third kappa shape index (κ3) is 16.5. The van der Waals surface area contributed by atoms with E-state index < -0.39 is 0 Å². The maximum atomic E-state index is 11.6. The molecule has 0 fully saturated rings. The van der Waals surface area contributed by atoms with Crippen LogP contribution >= 0.6 is 0 Å². The zero-order valence-electron chi connectivity index (χ0n) is 25.7. The van der Waals surface area contributed by atoms with Gasteiger partial charge in [0.1, 0.15) is 13.2 Å². The van der Waals surface area contributed by atoms with Crippen LogP contribution in [0.15, 0.2) is 60.7 Å². The van der Waals surface area contributed by atoms with Crippen LogP contribution in [0.25, 0.3) is 0 Å². The van der Waals surface area contributed by atoms with Gasteiger partial charge in [-0.1, -0.05) is 95.3 Å². The number of quaternary nitrogens is 1. The summed E-state index contributed by atoms with van der Waals surface area (Å²) in [6, 6.07) is 18.7. The van der Waals surface area contributed by atoms with Crippen LogP contribution in [0.4, 0.5) is 0 Å². The largest absolute Gasteiger partial charge is 0.465 e. The molecule has 0 aliphatic carbocycles. The van der Waals surface area contributed by atoms with Gasteiger partial charge >= 0.3 is 23.9 Å². The average Bonchev–Trinajstić information content (AvgIpc) is 2.99. The normalized spacial score (nSPS) is 12.0. The molecule has 2 atom stereocenters. The van der Waals surface area contributed by atoms with Gasteiger partial charge in [-0.05, 0) is 29.9 Å². The Morgan fingerprint density at radius 2 is 1.00 bits per heavy atom. The van der Waals surface area contributed by atoms with Crippen LogP contribution < -0.4 is 5.73 Å². The second-order valence-electron chi connectivity index (χ2n) is 10.7. The zero-order chi connectivity index (χ0) is 31.3. The minimum Gasteiger partial charge on any atom is -0.465 e. The van der Waals surface area contributed by atoms with Crippen LogP contribution in [0.5, 0.6) is 0 Å². The minimum absolute atomic E-state index is 0.116. The molecule has 0 spiro atoms. The van der Waals surface area contributed by atoms with Crippen LogP contribution in [0.3, 0.4) is 0 Å². The van der Waals surface area contributed by atoms with E-state index in [2.05, 4.69) is 5.73 Å². The molecular weight excluding hydrogens is 538 g/mol. The van der Waals surface area contributed by atoms with E-state index in [0.717, 1.165) is 11.1 Å². The first kappa shape index (κ1) is 36.3. The highest BCUT2D eigenvalue weighted by Crippen LogP contribution is 2.12. The first-order chi connectivity index (χ1) is 20.0. The highest BCUT2D eigenvalue weighted by atomic mass is 16.5. The molecule has 9 nitrogen and oxygen atoms in total. The molecule has 42 heavy (non-hydrogen) atoms. The Morgan fingerprint density at radius 3 is 1.38 bits per heavy atom. The van der Waals surface area contributed by atoms with E-state index in [1.165, 1.54) is 0 Å². The molecule has 9 heteroatoms. The fraction of sp³-hybridized carbons (Fsp3) is 0.515. The summed E-state index contributed by atoms with van der Waals surface area (Å²) in [6.07, 6.45) is 1.45. The lowest BCUT2D eigenvalue weighted by molar-refractivity contribution is -0.418. The number of esters is 4. The summed E-state index contributed by atoms with van der Waals surface area (Å²) in [6.45, 7) is 10.7. The third-order valence-corrected chi connectivity index (χ3v) is 6.50. The Labute approximate surface area is 250 Å². The Bertz CT molecular complexity index is 971. The summed E-state index contributed by atoms with van der Waals surface area (Å²) in [5, 5.41) is 0. The molecule has 0 aliphatic rings. The highest BCUT2D eigenvalue weighted by molar-refractivity contribution is 5.74. The van der Waals surface area contributed by atoms with Gasteiger partial charge in [-0.15, -0.1) is 0 Å². The van der Waals surface area contributed by atoms with E-state index in [-0.39, 0.29) is 86.9 Å². The first-order valence-corrected chi connectivity index (χ1v) is 14.6. The molecule has 0 saturated heterocycles. The van der Waals surface area contributed by atoms with Crippen molar-refractivity contribution in [3.63, 3.8) is 0 Å². The molecule has 0 heterocycles. The molecule has 2 aromatic carbocycles. The first-order valence-electron chi connectivity index (χ1n) is 14.6. The molecule has 0 aliphatic heterocycles. The number of carbonyl (C=O) groups excluding carboxylic acids is 4. The lowest BCUT2D eigenvalue weighted by Crippen LogP contribution is -2.67. The van der Waals surface area contributed by atoms with E-state index in [9.17, 15) is 19.2 Å². The van der Waals surface area contributed by atoms with E-state index >= 15 is 0 Å². The van der Waals surface area contributed by atoms with E-state index in [1.54, 1.807) is 0 Å². The molecule has 0 radical (unpaired) electrons. The maximum Gasteiger partial charge on any atom is 0.365 e.